The molecular weight excluding hydrogens is 325 g/mol. The molecule has 0 aliphatic carbocycles. The van der Waals surface area contributed by atoms with Crippen molar-refractivity contribution in [1.29, 1.82) is 0 Å². The van der Waals surface area contributed by atoms with Crippen molar-refractivity contribution in [3.05, 3.63) is 21.9 Å². The second-order valence-corrected chi connectivity index (χ2v) is 7.23. The first-order valence-electron chi connectivity index (χ1n) is 7.23. The number of amides is 1. The van der Waals surface area contributed by atoms with Crippen molar-refractivity contribution < 1.29 is 9.53 Å². The maximum Gasteiger partial charge on any atom is 0.410 e. The van der Waals surface area contributed by atoms with E-state index in [9.17, 15) is 4.79 Å². The summed E-state index contributed by atoms with van der Waals surface area (Å²) in [6, 6.07) is 1.88. The zero-order chi connectivity index (χ0) is 16.5. The molecule has 1 aromatic rings. The van der Waals surface area contributed by atoms with Crippen molar-refractivity contribution >= 4 is 35.0 Å². The number of hydrogen-bond acceptors (Lipinski definition) is 4. The zero-order valence-electron chi connectivity index (χ0n) is 13.2. The SMILES string of the molecule is Cc1cc(Cl)nc(Cl)c1NC1CCN(C(=O)OC(C)(C)C)C1. The third kappa shape index (κ3) is 4.40. The number of likely N-dealkylation sites (tertiary alicyclic amines) is 1. The van der Waals surface area contributed by atoms with Gasteiger partial charge in [0, 0.05) is 19.1 Å². The molecule has 1 amide bonds. The average Bonchev–Trinajstić information content (AvgIpc) is 2.80. The van der Waals surface area contributed by atoms with Crippen LogP contribution in [0.2, 0.25) is 10.3 Å². The fraction of sp³-hybridized carbons (Fsp3) is 0.600. The van der Waals surface area contributed by atoms with Crippen LogP contribution in [0.3, 0.4) is 0 Å². The Morgan fingerprint density at radius 1 is 1.45 bits per heavy atom. The van der Waals surface area contributed by atoms with Crippen molar-refractivity contribution in [2.24, 2.45) is 0 Å². The van der Waals surface area contributed by atoms with E-state index in [1.165, 1.54) is 0 Å². The van der Waals surface area contributed by atoms with E-state index in [4.69, 9.17) is 27.9 Å². The molecule has 2 heterocycles. The fourth-order valence-corrected chi connectivity index (χ4v) is 2.93. The first kappa shape index (κ1) is 17.2. The number of rotatable bonds is 2. The van der Waals surface area contributed by atoms with Gasteiger partial charge in [0.15, 0.2) is 5.15 Å². The molecule has 5 nitrogen and oxygen atoms in total. The summed E-state index contributed by atoms with van der Waals surface area (Å²) in [5.74, 6) is 0. The molecule has 1 fully saturated rings. The third-order valence-electron chi connectivity index (χ3n) is 3.33. The topological polar surface area (TPSA) is 54.5 Å². The van der Waals surface area contributed by atoms with Gasteiger partial charge in [0.05, 0.1) is 5.69 Å². The molecular formula is C15H21Cl2N3O2. The number of nitrogens with zero attached hydrogens (tertiary/aromatic N) is 2. The molecule has 0 saturated carbocycles. The van der Waals surface area contributed by atoms with Crippen LogP contribution < -0.4 is 5.32 Å². The lowest BCUT2D eigenvalue weighted by Gasteiger charge is -2.24. The van der Waals surface area contributed by atoms with E-state index in [-0.39, 0.29) is 12.1 Å². The molecule has 1 aliphatic rings. The summed E-state index contributed by atoms with van der Waals surface area (Å²) in [6.07, 6.45) is 0.548. The Hall–Kier alpha value is -1.20. The second kappa shape index (κ2) is 6.50. The highest BCUT2D eigenvalue weighted by molar-refractivity contribution is 6.34. The maximum atomic E-state index is 12.1. The molecule has 22 heavy (non-hydrogen) atoms. The minimum absolute atomic E-state index is 0.117. The van der Waals surface area contributed by atoms with Crippen molar-refractivity contribution in [1.82, 2.24) is 9.88 Å². The Bertz CT molecular complexity index is 549. The van der Waals surface area contributed by atoms with Crippen molar-refractivity contribution in [2.45, 2.75) is 45.8 Å². The minimum atomic E-state index is -0.484. The molecule has 1 aliphatic heterocycles. The van der Waals surface area contributed by atoms with Crippen LogP contribution in [-0.2, 0) is 4.74 Å². The van der Waals surface area contributed by atoms with Gasteiger partial charge < -0.3 is 15.0 Å². The van der Waals surface area contributed by atoms with Gasteiger partial charge in [-0.1, -0.05) is 23.2 Å². The van der Waals surface area contributed by atoms with E-state index in [0.29, 0.717) is 23.4 Å². The van der Waals surface area contributed by atoms with Gasteiger partial charge >= 0.3 is 6.09 Å². The van der Waals surface area contributed by atoms with Crippen LogP contribution in [0.15, 0.2) is 6.07 Å². The average molecular weight is 346 g/mol. The lowest BCUT2D eigenvalue weighted by molar-refractivity contribution is 0.0293. The number of aromatic nitrogens is 1. The zero-order valence-corrected chi connectivity index (χ0v) is 14.8. The van der Waals surface area contributed by atoms with Crippen LogP contribution in [0, 0.1) is 6.92 Å². The first-order valence-corrected chi connectivity index (χ1v) is 7.98. The Kier molecular flexibility index (Phi) is 5.07. The van der Waals surface area contributed by atoms with Crippen molar-refractivity contribution in [3.63, 3.8) is 0 Å². The van der Waals surface area contributed by atoms with Crippen molar-refractivity contribution in [2.75, 3.05) is 18.4 Å². The normalized spacial score (nSPS) is 18.5. The maximum absolute atomic E-state index is 12.1. The van der Waals surface area contributed by atoms with E-state index < -0.39 is 5.60 Å². The van der Waals surface area contributed by atoms with E-state index in [1.54, 1.807) is 11.0 Å². The van der Waals surface area contributed by atoms with Crippen LogP contribution in [0.4, 0.5) is 10.5 Å². The highest BCUT2D eigenvalue weighted by Crippen LogP contribution is 2.28. The summed E-state index contributed by atoms with van der Waals surface area (Å²) in [4.78, 5) is 17.8. The lowest BCUT2D eigenvalue weighted by Crippen LogP contribution is -2.36. The van der Waals surface area contributed by atoms with E-state index in [0.717, 1.165) is 17.7 Å². The van der Waals surface area contributed by atoms with Gasteiger partial charge in [0.1, 0.15) is 10.8 Å². The first-order chi connectivity index (χ1) is 10.2. The molecule has 2 rings (SSSR count). The molecule has 0 spiro atoms. The summed E-state index contributed by atoms with van der Waals surface area (Å²) in [7, 11) is 0. The number of pyridine rings is 1. The van der Waals surface area contributed by atoms with E-state index in [2.05, 4.69) is 10.3 Å². The fourth-order valence-electron chi connectivity index (χ4n) is 2.34. The quantitative estimate of drug-likeness (QED) is 0.819. The Labute approximate surface area is 140 Å². The number of carbonyl (C=O) groups is 1. The molecule has 1 N–H and O–H groups in total. The van der Waals surface area contributed by atoms with Crippen molar-refractivity contribution in [3.8, 4) is 0 Å². The smallest absolute Gasteiger partial charge is 0.410 e. The standard InChI is InChI=1S/C15H21Cl2N3O2/c1-9-7-11(16)19-13(17)12(9)18-10-5-6-20(8-10)14(21)22-15(2,3)4/h7,10,18H,5-6,8H2,1-4H3. The molecule has 7 heteroatoms. The second-order valence-electron chi connectivity index (χ2n) is 6.48. The number of carbonyl (C=O) groups excluding carboxylic acids is 1. The third-order valence-corrected chi connectivity index (χ3v) is 3.80. The van der Waals surface area contributed by atoms with E-state index in [1.807, 2.05) is 27.7 Å². The molecule has 0 bridgehead atoms. The predicted molar refractivity (Wildman–Crippen MR) is 88.8 cm³/mol. The van der Waals surface area contributed by atoms with Crippen LogP contribution in [0.25, 0.3) is 0 Å². The molecule has 1 unspecified atom stereocenters. The lowest BCUT2D eigenvalue weighted by atomic mass is 10.2. The Morgan fingerprint density at radius 3 is 2.73 bits per heavy atom. The highest BCUT2D eigenvalue weighted by atomic mass is 35.5. The van der Waals surface area contributed by atoms with Gasteiger partial charge in [-0.15, -0.1) is 0 Å². The number of halogens is 2. The molecule has 1 saturated heterocycles. The summed E-state index contributed by atoms with van der Waals surface area (Å²) in [5, 5.41) is 4.07. The number of anilines is 1. The molecule has 1 atom stereocenters. The summed E-state index contributed by atoms with van der Waals surface area (Å²) >= 11 is 12.0. The molecule has 122 valence electrons. The largest absolute Gasteiger partial charge is 0.444 e. The van der Waals surface area contributed by atoms with Gasteiger partial charge in [0.25, 0.3) is 0 Å². The van der Waals surface area contributed by atoms with Crippen LogP contribution in [0.5, 0.6) is 0 Å². The summed E-state index contributed by atoms with van der Waals surface area (Å²) < 4.78 is 5.39. The minimum Gasteiger partial charge on any atom is -0.444 e. The highest BCUT2D eigenvalue weighted by Gasteiger charge is 2.30. The van der Waals surface area contributed by atoms with Gasteiger partial charge in [0.2, 0.25) is 0 Å². The van der Waals surface area contributed by atoms with Crippen LogP contribution in [0.1, 0.15) is 32.8 Å². The molecule has 1 aromatic heterocycles. The van der Waals surface area contributed by atoms with Crippen LogP contribution in [-0.4, -0.2) is 40.7 Å². The monoisotopic (exact) mass is 345 g/mol. The predicted octanol–water partition coefficient (Wildman–Crippen LogP) is 4.12. The number of aryl methyl sites for hydroxylation is 1. The van der Waals surface area contributed by atoms with Gasteiger partial charge in [-0.25, -0.2) is 9.78 Å². The van der Waals surface area contributed by atoms with E-state index >= 15 is 0 Å². The number of nitrogens with one attached hydrogen (secondary N) is 1. The Morgan fingerprint density at radius 2 is 2.14 bits per heavy atom. The van der Waals surface area contributed by atoms with Crippen LogP contribution >= 0.6 is 23.2 Å². The number of hydrogen-bond donors (Lipinski definition) is 1. The van der Waals surface area contributed by atoms with Gasteiger partial charge in [-0.2, -0.15) is 0 Å². The Balaban J connectivity index is 1.99. The summed E-state index contributed by atoms with van der Waals surface area (Å²) in [5.41, 5.74) is 1.21. The number of ether oxygens (including phenoxy) is 1. The van der Waals surface area contributed by atoms with Gasteiger partial charge in [-0.05, 0) is 45.7 Å². The molecule has 0 radical (unpaired) electrons. The van der Waals surface area contributed by atoms with Gasteiger partial charge in [-0.3, -0.25) is 0 Å². The molecule has 0 aromatic carbocycles. The summed E-state index contributed by atoms with van der Waals surface area (Å²) in [6.45, 7) is 8.73.